The average molecular weight is 541 g/mol. The van der Waals surface area contributed by atoms with E-state index in [9.17, 15) is 18.0 Å². The van der Waals surface area contributed by atoms with Gasteiger partial charge in [-0.2, -0.15) is 18.4 Å². The second-order valence-electron chi connectivity index (χ2n) is 7.33. The predicted octanol–water partition coefficient (Wildman–Crippen LogP) is 3.76. The molecule has 1 radical (unpaired) electrons. The van der Waals surface area contributed by atoms with Gasteiger partial charge in [-0.25, -0.2) is 19.5 Å². The molecule has 0 fully saturated rings. The van der Waals surface area contributed by atoms with Crippen LogP contribution in [0.5, 0.6) is 5.88 Å². The van der Waals surface area contributed by atoms with Gasteiger partial charge in [0.15, 0.2) is 11.5 Å². The number of nitriles is 1. The molecule has 0 spiro atoms. The van der Waals surface area contributed by atoms with Gasteiger partial charge in [0.05, 0.1) is 17.8 Å². The van der Waals surface area contributed by atoms with Crippen LogP contribution in [-0.4, -0.2) is 53.1 Å². The fraction of sp³-hybridized carbons (Fsp3) is 0.429. The Hall–Kier alpha value is -3.23. The van der Waals surface area contributed by atoms with Crippen molar-refractivity contribution in [3.63, 3.8) is 0 Å². The van der Waals surface area contributed by atoms with E-state index in [1.54, 1.807) is 6.07 Å². The summed E-state index contributed by atoms with van der Waals surface area (Å²) >= 11 is 2.62. The van der Waals surface area contributed by atoms with Crippen LogP contribution in [0.25, 0.3) is 5.65 Å². The minimum atomic E-state index is -3.17. The summed E-state index contributed by atoms with van der Waals surface area (Å²) in [4.78, 5) is 24.5. The first kappa shape index (κ1) is 27.0. The van der Waals surface area contributed by atoms with Crippen LogP contribution in [0.3, 0.4) is 0 Å². The van der Waals surface area contributed by atoms with Gasteiger partial charge in [0, 0.05) is 23.2 Å². The van der Waals surface area contributed by atoms with Gasteiger partial charge in [-0.05, 0) is 6.42 Å². The summed E-state index contributed by atoms with van der Waals surface area (Å²) in [5.41, 5.74) is 0.588. The molecule has 181 valence electrons. The maximum absolute atomic E-state index is 13.6. The number of halogens is 3. The van der Waals surface area contributed by atoms with Crippen LogP contribution in [0.15, 0.2) is 18.5 Å². The van der Waals surface area contributed by atoms with E-state index in [1.807, 2.05) is 33.5 Å². The number of hydrogen-bond donors (Lipinski definition) is 1. The van der Waals surface area contributed by atoms with E-state index in [0.29, 0.717) is 23.3 Å². The number of fused-ring (bicyclic) bond motifs is 3. The number of carbonyl (C=O) groups excluding carboxylic acids is 1. The van der Waals surface area contributed by atoms with Crippen molar-refractivity contribution in [2.75, 3.05) is 5.32 Å². The van der Waals surface area contributed by atoms with Crippen LogP contribution in [-0.2, 0) is 10.2 Å². The summed E-state index contributed by atoms with van der Waals surface area (Å²) < 4.78 is 43.9. The standard InChI is InChI=1S/C18H14F3N7O2.C2H6.CH3Se/c1-18(2)4-8(9-6-23-13-3-11(19)27-28(13)14(9)18)15(29)26-12-7-24-16(30-17(20)21)10(5-22)25-12;2*1-2/h3,6-8,17H,4H2,1-2H3,(H,25,26,29);1-2H3;1H3. The Balaban J connectivity index is 0.000000970. The Bertz CT molecular complexity index is 1210. The second-order valence-corrected chi connectivity index (χ2v) is 7.33. The zero-order valence-corrected chi connectivity index (χ0v) is 20.8. The van der Waals surface area contributed by atoms with Gasteiger partial charge < -0.3 is 10.1 Å². The average Bonchev–Trinajstić information content (AvgIpc) is 3.32. The molecule has 0 saturated carbocycles. The number of aromatic nitrogens is 5. The van der Waals surface area contributed by atoms with Crippen molar-refractivity contribution in [1.29, 1.82) is 5.26 Å². The van der Waals surface area contributed by atoms with E-state index < -0.39 is 41.4 Å². The quantitative estimate of drug-likeness (QED) is 0.500. The van der Waals surface area contributed by atoms with Crippen LogP contribution in [0.1, 0.15) is 57.0 Å². The van der Waals surface area contributed by atoms with E-state index in [1.165, 1.54) is 16.8 Å². The Kier molecular flexibility index (Phi) is 8.95. The number of anilines is 1. The zero-order chi connectivity index (χ0) is 25.6. The molecule has 9 nitrogen and oxygen atoms in total. The summed E-state index contributed by atoms with van der Waals surface area (Å²) in [5, 5.41) is 15.4. The predicted molar refractivity (Wildman–Crippen MR) is 118 cm³/mol. The van der Waals surface area contributed by atoms with E-state index in [-0.39, 0.29) is 5.82 Å². The molecule has 3 aromatic rings. The molecule has 0 saturated heterocycles. The normalized spacial score (nSPS) is 15.4. The van der Waals surface area contributed by atoms with Crippen molar-refractivity contribution in [1.82, 2.24) is 24.6 Å². The third-order valence-corrected chi connectivity index (χ3v) is 4.83. The Morgan fingerprint density at radius 3 is 2.62 bits per heavy atom. The van der Waals surface area contributed by atoms with E-state index in [0.717, 1.165) is 6.20 Å². The number of ether oxygens (including phenoxy) is 1. The van der Waals surface area contributed by atoms with Crippen molar-refractivity contribution < 1.29 is 22.7 Å². The van der Waals surface area contributed by atoms with Gasteiger partial charge in [0.2, 0.25) is 17.5 Å². The monoisotopic (exact) mass is 542 g/mol. The van der Waals surface area contributed by atoms with Crippen LogP contribution in [0.2, 0.25) is 5.82 Å². The van der Waals surface area contributed by atoms with E-state index in [2.05, 4.69) is 46.1 Å². The van der Waals surface area contributed by atoms with Crippen molar-refractivity contribution in [2.45, 2.75) is 57.9 Å². The molecule has 1 amide bonds. The van der Waals surface area contributed by atoms with Gasteiger partial charge in [-0.3, -0.25) is 4.79 Å². The first-order chi connectivity index (χ1) is 16.2. The van der Waals surface area contributed by atoms with Crippen molar-refractivity contribution in [3.8, 4) is 11.9 Å². The molecule has 1 aliphatic carbocycles. The molecular weight excluding hydrogens is 518 g/mol. The molecule has 0 aromatic carbocycles. The summed E-state index contributed by atoms with van der Waals surface area (Å²) in [6, 6.07) is 2.80. The number of hydrogen-bond acceptors (Lipinski definition) is 7. The molecule has 0 bridgehead atoms. The number of amides is 1. The first-order valence-corrected chi connectivity index (χ1v) is 11.9. The number of carbonyl (C=O) groups is 1. The molecule has 1 aliphatic rings. The van der Waals surface area contributed by atoms with Crippen molar-refractivity contribution >= 4 is 33.4 Å². The number of rotatable bonds is 4. The number of alkyl halides is 2. The van der Waals surface area contributed by atoms with Crippen molar-refractivity contribution in [2.24, 2.45) is 0 Å². The molecule has 3 aromatic heterocycles. The second kappa shape index (κ2) is 11.3. The fourth-order valence-electron chi connectivity index (χ4n) is 3.70. The van der Waals surface area contributed by atoms with Gasteiger partial charge >= 0.3 is 28.4 Å². The molecule has 3 heterocycles. The fourth-order valence-corrected chi connectivity index (χ4v) is 3.70. The van der Waals surface area contributed by atoms with Crippen LogP contribution < -0.4 is 10.1 Å². The molecule has 4 rings (SSSR count). The summed E-state index contributed by atoms with van der Waals surface area (Å²) in [6.07, 6.45) is 2.92. The summed E-state index contributed by atoms with van der Waals surface area (Å²) in [6.45, 7) is 4.64. The SMILES string of the molecule is CC.CC1(C)CC(C(=O)Nc2cnc(OC(F)F)c(C#N)n2)c2cnc3cc(F)nn3c21.C[Se]. The number of nitrogens with one attached hydrogen (secondary N) is 1. The Morgan fingerprint density at radius 2 is 2.00 bits per heavy atom. The van der Waals surface area contributed by atoms with Crippen LogP contribution in [0.4, 0.5) is 19.0 Å². The third-order valence-electron chi connectivity index (χ3n) is 4.83. The maximum atomic E-state index is 13.6. The van der Waals surface area contributed by atoms with Gasteiger partial charge in [0.1, 0.15) is 6.07 Å². The minimum absolute atomic E-state index is 0.0939. The Labute approximate surface area is 202 Å². The summed E-state index contributed by atoms with van der Waals surface area (Å²) in [5.74, 6) is -0.640. The van der Waals surface area contributed by atoms with Crippen molar-refractivity contribution in [3.05, 3.63) is 41.4 Å². The molecular formula is C21H23F3N7O2Se. The first-order valence-electron chi connectivity index (χ1n) is 10.2. The zero-order valence-electron chi connectivity index (χ0n) is 19.1. The van der Waals surface area contributed by atoms with Gasteiger partial charge in [-0.15, -0.1) is 5.10 Å². The summed E-state index contributed by atoms with van der Waals surface area (Å²) in [7, 11) is 0. The molecule has 0 aliphatic heterocycles. The molecule has 1 N–H and O–H groups in total. The van der Waals surface area contributed by atoms with Crippen LogP contribution in [0, 0.1) is 17.3 Å². The molecule has 34 heavy (non-hydrogen) atoms. The van der Waals surface area contributed by atoms with E-state index in [4.69, 9.17) is 5.26 Å². The third kappa shape index (κ3) is 5.46. The molecule has 1 unspecified atom stereocenters. The van der Waals surface area contributed by atoms with Gasteiger partial charge in [0.25, 0.3) is 5.88 Å². The number of nitrogens with zero attached hydrogens (tertiary/aromatic N) is 6. The van der Waals surface area contributed by atoms with E-state index >= 15 is 0 Å². The van der Waals surface area contributed by atoms with Gasteiger partial charge in [-0.1, -0.05) is 27.7 Å². The van der Waals surface area contributed by atoms with Crippen LogP contribution >= 0.6 is 0 Å². The molecule has 13 heteroatoms. The Morgan fingerprint density at radius 1 is 1.32 bits per heavy atom. The topological polar surface area (TPSA) is 118 Å². The molecule has 1 atom stereocenters.